The van der Waals surface area contributed by atoms with Crippen LogP contribution in [-0.2, 0) is 16.4 Å². The molecule has 37 heavy (non-hydrogen) atoms. The van der Waals surface area contributed by atoms with E-state index in [0.717, 1.165) is 42.0 Å². The summed E-state index contributed by atoms with van der Waals surface area (Å²) in [6, 6.07) is 15.5. The van der Waals surface area contributed by atoms with Gasteiger partial charge in [0.1, 0.15) is 5.82 Å². The van der Waals surface area contributed by atoms with Crippen LogP contribution < -0.4 is 10.0 Å². The van der Waals surface area contributed by atoms with E-state index < -0.39 is 10.0 Å². The Hall–Kier alpha value is -3.17. The number of likely N-dealkylation sites (tertiary alicyclic amines) is 1. The first-order valence-electron chi connectivity index (χ1n) is 12.8. The van der Waals surface area contributed by atoms with E-state index in [0.29, 0.717) is 30.3 Å². The first kappa shape index (κ1) is 26.9. The summed E-state index contributed by atoms with van der Waals surface area (Å²) in [4.78, 5) is 22.8. The van der Waals surface area contributed by atoms with E-state index in [1.165, 1.54) is 6.26 Å². The molecule has 0 bridgehead atoms. The van der Waals surface area contributed by atoms with E-state index in [4.69, 9.17) is 0 Å². The Kier molecular flexibility index (Phi) is 8.34. The van der Waals surface area contributed by atoms with E-state index in [9.17, 15) is 13.2 Å². The topological polar surface area (TPSA) is 107 Å². The van der Waals surface area contributed by atoms with Crippen molar-refractivity contribution in [1.82, 2.24) is 20.2 Å². The number of carbonyl (C=O) groups excluding carboxylic acids is 1. The van der Waals surface area contributed by atoms with E-state index >= 15 is 0 Å². The minimum absolute atomic E-state index is 0.0855. The molecular weight excluding hydrogens is 486 g/mol. The Morgan fingerprint density at radius 3 is 2.59 bits per heavy atom. The highest BCUT2D eigenvalue weighted by molar-refractivity contribution is 7.92. The standard InChI is InChI=1S/C28H37N5O3S/c1-19(2)33-18-22(27-20(3)9-8-12-23(27)32-37(4,35)36)13-14-25(33)24-17-30-26(31-24)15-16-29-28(34)21-10-6-5-7-11-21/h5-12,17,19,22,25,32H,13-16,18H2,1-4H3,(H,29,34)(H,30,31). The summed E-state index contributed by atoms with van der Waals surface area (Å²) < 4.78 is 26.7. The molecule has 8 nitrogen and oxygen atoms in total. The second-order valence-corrected chi connectivity index (χ2v) is 11.9. The SMILES string of the molecule is Cc1cccc(NS(C)(=O)=O)c1C1CCC(c2cnc(CCNC(=O)c3ccccc3)[nH]2)N(C(C)C)C1. The van der Waals surface area contributed by atoms with Gasteiger partial charge >= 0.3 is 0 Å². The highest BCUT2D eigenvalue weighted by Crippen LogP contribution is 2.41. The van der Waals surface area contributed by atoms with Crippen LogP contribution in [0.2, 0.25) is 0 Å². The fourth-order valence-electron chi connectivity index (χ4n) is 5.31. The summed E-state index contributed by atoms with van der Waals surface area (Å²) in [7, 11) is -3.37. The van der Waals surface area contributed by atoms with Crippen molar-refractivity contribution in [2.45, 2.75) is 58.0 Å². The van der Waals surface area contributed by atoms with Crippen LogP contribution in [0.25, 0.3) is 0 Å². The number of hydrogen-bond acceptors (Lipinski definition) is 5. The van der Waals surface area contributed by atoms with Gasteiger partial charge in [0, 0.05) is 37.3 Å². The van der Waals surface area contributed by atoms with Gasteiger partial charge in [0.05, 0.1) is 23.7 Å². The molecule has 1 amide bonds. The van der Waals surface area contributed by atoms with Crippen LogP contribution in [0.5, 0.6) is 0 Å². The molecule has 1 aromatic heterocycles. The molecule has 1 aliphatic heterocycles. The zero-order chi connectivity index (χ0) is 26.6. The second-order valence-electron chi connectivity index (χ2n) is 10.1. The lowest BCUT2D eigenvalue weighted by Gasteiger charge is -2.42. The molecule has 1 fully saturated rings. The summed E-state index contributed by atoms with van der Waals surface area (Å²) in [5, 5.41) is 2.96. The Balaban J connectivity index is 1.43. The maximum Gasteiger partial charge on any atom is 0.251 e. The number of anilines is 1. The number of amides is 1. The zero-order valence-electron chi connectivity index (χ0n) is 22.0. The molecule has 4 rings (SSSR count). The average Bonchev–Trinajstić information content (AvgIpc) is 3.32. The molecule has 0 aliphatic carbocycles. The number of aromatic nitrogens is 2. The van der Waals surface area contributed by atoms with Gasteiger partial charge in [-0.2, -0.15) is 0 Å². The fourth-order valence-corrected chi connectivity index (χ4v) is 5.89. The Morgan fingerprint density at radius 1 is 1.14 bits per heavy atom. The van der Waals surface area contributed by atoms with Crippen molar-refractivity contribution in [3.05, 3.63) is 82.9 Å². The number of benzene rings is 2. The normalized spacial score (nSPS) is 18.6. The molecule has 198 valence electrons. The van der Waals surface area contributed by atoms with Crippen molar-refractivity contribution in [3.63, 3.8) is 0 Å². The van der Waals surface area contributed by atoms with Crippen LogP contribution in [0.1, 0.15) is 71.7 Å². The zero-order valence-corrected chi connectivity index (χ0v) is 22.8. The number of aromatic amines is 1. The molecule has 2 atom stereocenters. The Morgan fingerprint density at radius 2 is 1.89 bits per heavy atom. The predicted molar refractivity (Wildman–Crippen MR) is 147 cm³/mol. The quantitative estimate of drug-likeness (QED) is 0.386. The van der Waals surface area contributed by atoms with Crippen molar-refractivity contribution in [2.24, 2.45) is 0 Å². The van der Waals surface area contributed by atoms with Crippen molar-refractivity contribution in [3.8, 4) is 0 Å². The predicted octanol–water partition coefficient (Wildman–Crippen LogP) is 4.39. The number of piperidine rings is 1. The van der Waals surface area contributed by atoms with Gasteiger partial charge in [0.15, 0.2) is 0 Å². The van der Waals surface area contributed by atoms with Crippen LogP contribution in [-0.4, -0.2) is 54.6 Å². The number of rotatable bonds is 9. The molecule has 3 N–H and O–H groups in total. The van der Waals surface area contributed by atoms with Gasteiger partial charge in [-0.3, -0.25) is 14.4 Å². The van der Waals surface area contributed by atoms with Gasteiger partial charge in [-0.15, -0.1) is 0 Å². The maximum atomic E-state index is 12.3. The highest BCUT2D eigenvalue weighted by atomic mass is 32.2. The number of nitrogens with one attached hydrogen (secondary N) is 3. The van der Waals surface area contributed by atoms with E-state index in [1.807, 2.05) is 49.5 Å². The molecule has 2 heterocycles. The van der Waals surface area contributed by atoms with E-state index in [1.54, 1.807) is 12.1 Å². The van der Waals surface area contributed by atoms with Gasteiger partial charge in [-0.05, 0) is 68.9 Å². The molecule has 3 aromatic rings. The van der Waals surface area contributed by atoms with Crippen LogP contribution in [0.4, 0.5) is 5.69 Å². The second kappa shape index (κ2) is 11.5. The van der Waals surface area contributed by atoms with Crippen molar-refractivity contribution < 1.29 is 13.2 Å². The Bertz CT molecular complexity index is 1320. The lowest BCUT2D eigenvalue weighted by Crippen LogP contribution is -2.42. The minimum Gasteiger partial charge on any atom is -0.352 e. The maximum absolute atomic E-state index is 12.3. The molecule has 1 aliphatic rings. The number of aryl methyl sites for hydroxylation is 1. The molecule has 9 heteroatoms. The third-order valence-corrected chi connectivity index (χ3v) is 7.59. The molecule has 0 spiro atoms. The molecule has 1 saturated heterocycles. The van der Waals surface area contributed by atoms with Gasteiger partial charge < -0.3 is 10.3 Å². The minimum atomic E-state index is -3.37. The van der Waals surface area contributed by atoms with Gasteiger partial charge in [-0.1, -0.05) is 30.3 Å². The average molecular weight is 524 g/mol. The number of carbonyl (C=O) groups is 1. The number of imidazole rings is 1. The van der Waals surface area contributed by atoms with Crippen molar-refractivity contribution >= 4 is 21.6 Å². The van der Waals surface area contributed by atoms with Crippen molar-refractivity contribution in [2.75, 3.05) is 24.1 Å². The summed E-state index contributed by atoms with van der Waals surface area (Å²) in [5.74, 6) is 0.991. The van der Waals surface area contributed by atoms with E-state index in [2.05, 4.69) is 38.8 Å². The van der Waals surface area contributed by atoms with Crippen LogP contribution in [0.3, 0.4) is 0 Å². The molecule has 2 aromatic carbocycles. The first-order chi connectivity index (χ1) is 17.6. The molecule has 2 unspecified atom stereocenters. The van der Waals surface area contributed by atoms with Gasteiger partial charge in [0.2, 0.25) is 10.0 Å². The number of hydrogen-bond donors (Lipinski definition) is 3. The number of H-pyrrole nitrogens is 1. The summed E-state index contributed by atoms with van der Waals surface area (Å²) >= 11 is 0. The lowest BCUT2D eigenvalue weighted by molar-refractivity contribution is 0.0951. The third kappa shape index (κ3) is 6.78. The lowest BCUT2D eigenvalue weighted by atomic mass is 9.83. The van der Waals surface area contributed by atoms with Crippen LogP contribution >= 0.6 is 0 Å². The van der Waals surface area contributed by atoms with Crippen LogP contribution in [0.15, 0.2) is 54.7 Å². The fraction of sp³-hybridized carbons (Fsp3) is 0.429. The molecule has 0 saturated carbocycles. The number of nitrogens with zero attached hydrogens (tertiary/aromatic N) is 2. The molecular formula is C28H37N5O3S. The van der Waals surface area contributed by atoms with Gasteiger partial charge in [0.25, 0.3) is 5.91 Å². The Labute approximate surface area is 219 Å². The van der Waals surface area contributed by atoms with Gasteiger partial charge in [-0.25, -0.2) is 13.4 Å². The highest BCUT2D eigenvalue weighted by Gasteiger charge is 2.34. The third-order valence-electron chi connectivity index (χ3n) is 7.00. The monoisotopic (exact) mass is 523 g/mol. The summed E-state index contributed by atoms with van der Waals surface area (Å²) in [5.41, 5.74) is 4.58. The summed E-state index contributed by atoms with van der Waals surface area (Å²) in [6.45, 7) is 7.77. The molecule has 0 radical (unpaired) electrons. The summed E-state index contributed by atoms with van der Waals surface area (Å²) in [6.07, 6.45) is 5.61. The van der Waals surface area contributed by atoms with E-state index in [-0.39, 0.29) is 17.9 Å². The first-order valence-corrected chi connectivity index (χ1v) is 14.7. The van der Waals surface area contributed by atoms with Crippen molar-refractivity contribution in [1.29, 1.82) is 0 Å². The van der Waals surface area contributed by atoms with Crippen LogP contribution in [0, 0.1) is 6.92 Å². The largest absolute Gasteiger partial charge is 0.352 e. The smallest absolute Gasteiger partial charge is 0.251 e. The number of sulfonamides is 1.